The molecule has 0 atom stereocenters. The highest BCUT2D eigenvalue weighted by Crippen LogP contribution is 2.26. The predicted octanol–water partition coefficient (Wildman–Crippen LogP) is 3.25. The van der Waals surface area contributed by atoms with Gasteiger partial charge in [-0.2, -0.15) is 0 Å². The van der Waals surface area contributed by atoms with Crippen LogP contribution in [0, 0.1) is 0 Å². The maximum absolute atomic E-state index is 12.4. The number of carbonyl (C=O) groups excluding carboxylic acids is 1. The number of carbonyl (C=O) groups is 1. The molecule has 3 nitrogen and oxygen atoms in total. The largest absolute Gasteiger partial charge is 0.354 e. The summed E-state index contributed by atoms with van der Waals surface area (Å²) in [5, 5.41) is 3.61. The quantitative estimate of drug-likeness (QED) is 0.846. The Labute approximate surface area is 126 Å². The molecule has 1 rings (SSSR count). The van der Waals surface area contributed by atoms with E-state index in [0.717, 1.165) is 18.4 Å². The zero-order valence-electron chi connectivity index (χ0n) is 12.8. The van der Waals surface area contributed by atoms with Gasteiger partial charge in [0, 0.05) is 17.1 Å². The molecule has 3 N–H and O–H groups in total. The summed E-state index contributed by atoms with van der Waals surface area (Å²) >= 11 is 6.00. The van der Waals surface area contributed by atoms with E-state index in [9.17, 15) is 4.79 Å². The Hall–Kier alpha value is -1.06. The van der Waals surface area contributed by atoms with Crippen LogP contribution in [0.4, 0.5) is 0 Å². The molecule has 0 aliphatic carbocycles. The molecular formula is C16H25ClN2O. The molecule has 0 aromatic heterocycles. The second-order valence-electron chi connectivity index (χ2n) is 5.89. The van der Waals surface area contributed by atoms with Gasteiger partial charge < -0.3 is 11.1 Å². The summed E-state index contributed by atoms with van der Waals surface area (Å²) in [5.74, 6) is -0.0310. The minimum Gasteiger partial charge on any atom is -0.354 e. The van der Waals surface area contributed by atoms with Crippen LogP contribution in [0.1, 0.15) is 46.1 Å². The molecule has 112 valence electrons. The molecule has 1 aromatic rings. The van der Waals surface area contributed by atoms with Crippen LogP contribution in [0.3, 0.4) is 0 Å². The van der Waals surface area contributed by atoms with Gasteiger partial charge in [-0.05, 0) is 44.4 Å². The van der Waals surface area contributed by atoms with Crippen molar-refractivity contribution in [2.75, 3.05) is 6.54 Å². The first kappa shape index (κ1) is 17.0. The lowest BCUT2D eigenvalue weighted by atomic mass is 9.83. The molecule has 0 radical (unpaired) electrons. The van der Waals surface area contributed by atoms with E-state index in [1.807, 2.05) is 45.9 Å². The SMILES string of the molecule is CCC(N)(CC)CNC(=O)C(C)(C)c1cccc(Cl)c1. The Morgan fingerprint density at radius 3 is 2.40 bits per heavy atom. The van der Waals surface area contributed by atoms with Gasteiger partial charge in [-0.1, -0.05) is 37.6 Å². The molecular weight excluding hydrogens is 272 g/mol. The van der Waals surface area contributed by atoms with E-state index in [4.69, 9.17) is 17.3 Å². The topological polar surface area (TPSA) is 55.1 Å². The molecule has 0 unspecified atom stereocenters. The number of hydrogen-bond donors (Lipinski definition) is 2. The molecule has 0 bridgehead atoms. The van der Waals surface area contributed by atoms with Crippen molar-refractivity contribution in [3.8, 4) is 0 Å². The zero-order chi connectivity index (χ0) is 15.4. The number of benzene rings is 1. The predicted molar refractivity (Wildman–Crippen MR) is 85.0 cm³/mol. The van der Waals surface area contributed by atoms with E-state index in [2.05, 4.69) is 5.32 Å². The van der Waals surface area contributed by atoms with Gasteiger partial charge in [-0.15, -0.1) is 0 Å². The highest BCUT2D eigenvalue weighted by atomic mass is 35.5. The Morgan fingerprint density at radius 2 is 1.90 bits per heavy atom. The van der Waals surface area contributed by atoms with Crippen LogP contribution in [-0.2, 0) is 10.2 Å². The van der Waals surface area contributed by atoms with Crippen LogP contribution < -0.4 is 11.1 Å². The van der Waals surface area contributed by atoms with Crippen molar-refractivity contribution >= 4 is 17.5 Å². The van der Waals surface area contributed by atoms with Gasteiger partial charge >= 0.3 is 0 Å². The maximum atomic E-state index is 12.4. The number of nitrogens with two attached hydrogens (primary N) is 1. The van der Waals surface area contributed by atoms with Crippen LogP contribution >= 0.6 is 11.6 Å². The average Bonchev–Trinajstić information content (AvgIpc) is 2.44. The zero-order valence-corrected chi connectivity index (χ0v) is 13.6. The average molecular weight is 297 g/mol. The van der Waals surface area contributed by atoms with E-state index < -0.39 is 5.41 Å². The van der Waals surface area contributed by atoms with Crippen molar-refractivity contribution in [1.29, 1.82) is 0 Å². The number of hydrogen-bond acceptors (Lipinski definition) is 2. The second kappa shape index (κ2) is 6.59. The summed E-state index contributed by atoms with van der Waals surface area (Å²) in [6.45, 7) is 8.35. The Kier molecular flexibility index (Phi) is 5.60. The Balaban J connectivity index is 2.80. The van der Waals surface area contributed by atoms with E-state index in [-0.39, 0.29) is 11.4 Å². The van der Waals surface area contributed by atoms with Gasteiger partial charge in [0.05, 0.1) is 5.41 Å². The highest BCUT2D eigenvalue weighted by molar-refractivity contribution is 6.30. The molecule has 0 aliphatic heterocycles. The summed E-state index contributed by atoms with van der Waals surface area (Å²) in [6.07, 6.45) is 1.67. The summed E-state index contributed by atoms with van der Waals surface area (Å²) in [7, 11) is 0. The van der Waals surface area contributed by atoms with Crippen molar-refractivity contribution in [3.63, 3.8) is 0 Å². The molecule has 1 amide bonds. The molecule has 0 saturated heterocycles. The normalized spacial score (nSPS) is 12.3. The minimum absolute atomic E-state index is 0.0310. The summed E-state index contributed by atoms with van der Waals surface area (Å²) in [4.78, 5) is 12.4. The Morgan fingerprint density at radius 1 is 1.30 bits per heavy atom. The number of rotatable bonds is 6. The third kappa shape index (κ3) is 3.97. The highest BCUT2D eigenvalue weighted by Gasteiger charge is 2.31. The molecule has 4 heteroatoms. The molecule has 0 fully saturated rings. The standard InChI is InChI=1S/C16H25ClN2O/c1-5-16(18,6-2)11-19-14(20)15(3,4)12-8-7-9-13(17)10-12/h7-10H,5-6,11,18H2,1-4H3,(H,19,20). The molecule has 0 spiro atoms. The van der Waals surface area contributed by atoms with E-state index in [1.165, 1.54) is 0 Å². The van der Waals surface area contributed by atoms with Crippen LogP contribution in [0.15, 0.2) is 24.3 Å². The molecule has 0 saturated carbocycles. The van der Waals surface area contributed by atoms with E-state index in [1.54, 1.807) is 6.07 Å². The minimum atomic E-state index is -0.632. The molecule has 0 heterocycles. The van der Waals surface area contributed by atoms with Crippen molar-refractivity contribution in [3.05, 3.63) is 34.9 Å². The summed E-state index contributed by atoms with van der Waals surface area (Å²) in [6, 6.07) is 7.41. The van der Waals surface area contributed by atoms with Gasteiger partial charge in [0.15, 0.2) is 0 Å². The first-order chi connectivity index (χ1) is 9.25. The lowest BCUT2D eigenvalue weighted by molar-refractivity contribution is -0.125. The Bertz CT molecular complexity index is 467. The number of amides is 1. The lowest BCUT2D eigenvalue weighted by Crippen LogP contribution is -2.52. The van der Waals surface area contributed by atoms with Gasteiger partial charge in [-0.25, -0.2) is 0 Å². The fourth-order valence-electron chi connectivity index (χ4n) is 1.99. The van der Waals surface area contributed by atoms with Gasteiger partial charge in [0.25, 0.3) is 0 Å². The first-order valence-electron chi connectivity index (χ1n) is 7.08. The third-order valence-corrected chi connectivity index (χ3v) is 4.36. The molecule has 1 aromatic carbocycles. The number of nitrogens with one attached hydrogen (secondary N) is 1. The van der Waals surface area contributed by atoms with Crippen molar-refractivity contribution in [1.82, 2.24) is 5.32 Å². The van der Waals surface area contributed by atoms with Gasteiger partial charge in [-0.3, -0.25) is 4.79 Å². The van der Waals surface area contributed by atoms with Crippen LogP contribution in [0.2, 0.25) is 5.02 Å². The fraction of sp³-hybridized carbons (Fsp3) is 0.562. The lowest BCUT2D eigenvalue weighted by Gasteiger charge is -2.30. The third-order valence-electron chi connectivity index (χ3n) is 4.12. The monoisotopic (exact) mass is 296 g/mol. The van der Waals surface area contributed by atoms with Gasteiger partial charge in [0.2, 0.25) is 5.91 Å². The fourth-order valence-corrected chi connectivity index (χ4v) is 2.18. The van der Waals surface area contributed by atoms with Crippen molar-refractivity contribution < 1.29 is 4.79 Å². The van der Waals surface area contributed by atoms with E-state index >= 15 is 0 Å². The van der Waals surface area contributed by atoms with Crippen LogP contribution in [0.25, 0.3) is 0 Å². The summed E-state index contributed by atoms with van der Waals surface area (Å²) in [5.41, 5.74) is 6.15. The van der Waals surface area contributed by atoms with Crippen LogP contribution in [-0.4, -0.2) is 18.0 Å². The van der Waals surface area contributed by atoms with Crippen molar-refractivity contribution in [2.45, 2.75) is 51.5 Å². The first-order valence-corrected chi connectivity index (χ1v) is 7.46. The summed E-state index contributed by atoms with van der Waals surface area (Å²) < 4.78 is 0. The number of halogens is 1. The second-order valence-corrected chi connectivity index (χ2v) is 6.32. The maximum Gasteiger partial charge on any atom is 0.230 e. The smallest absolute Gasteiger partial charge is 0.230 e. The molecule has 0 aliphatic rings. The van der Waals surface area contributed by atoms with Gasteiger partial charge in [0.1, 0.15) is 0 Å². The van der Waals surface area contributed by atoms with E-state index in [0.29, 0.717) is 11.6 Å². The van der Waals surface area contributed by atoms with Crippen molar-refractivity contribution in [2.24, 2.45) is 5.73 Å². The molecule has 20 heavy (non-hydrogen) atoms. The van der Waals surface area contributed by atoms with Crippen LogP contribution in [0.5, 0.6) is 0 Å².